The molecule has 0 aromatic heterocycles. The first-order valence-electron chi connectivity index (χ1n) is 6.36. The molecule has 1 aromatic carbocycles. The van der Waals surface area contributed by atoms with Gasteiger partial charge in [-0.1, -0.05) is 36.8 Å². The number of benzene rings is 1. The Morgan fingerprint density at radius 2 is 2.06 bits per heavy atom. The molecule has 100 valence electrons. The lowest BCUT2D eigenvalue weighted by atomic mass is 10.0. The summed E-state index contributed by atoms with van der Waals surface area (Å²) in [6.07, 6.45) is 3.27. The molecule has 1 aliphatic heterocycles. The third-order valence-corrected chi connectivity index (χ3v) is 3.29. The van der Waals surface area contributed by atoms with Crippen LogP contribution in [0.3, 0.4) is 0 Å². The van der Waals surface area contributed by atoms with Crippen LogP contribution in [0.5, 0.6) is 0 Å². The van der Waals surface area contributed by atoms with Gasteiger partial charge in [-0.3, -0.25) is 4.79 Å². The van der Waals surface area contributed by atoms with Gasteiger partial charge in [-0.2, -0.15) is 0 Å². The number of rotatable bonds is 3. The SMILES string of the molecule is CC(NC(=O)[C@H]1CCCCN1)c1ccccc1.Cl. The monoisotopic (exact) mass is 268 g/mol. The molecule has 0 aliphatic carbocycles. The van der Waals surface area contributed by atoms with Crippen molar-refractivity contribution in [3.63, 3.8) is 0 Å². The van der Waals surface area contributed by atoms with Gasteiger partial charge >= 0.3 is 0 Å². The first kappa shape index (κ1) is 15.0. The summed E-state index contributed by atoms with van der Waals surface area (Å²) in [4.78, 5) is 12.0. The third kappa shape index (κ3) is 4.00. The molecule has 1 heterocycles. The van der Waals surface area contributed by atoms with Crippen molar-refractivity contribution >= 4 is 18.3 Å². The Morgan fingerprint density at radius 1 is 1.33 bits per heavy atom. The first-order valence-corrected chi connectivity index (χ1v) is 6.36. The maximum atomic E-state index is 12.0. The van der Waals surface area contributed by atoms with Crippen molar-refractivity contribution in [3.8, 4) is 0 Å². The Morgan fingerprint density at radius 3 is 2.67 bits per heavy atom. The predicted octanol–water partition coefficient (Wildman–Crippen LogP) is 2.43. The zero-order valence-electron chi connectivity index (χ0n) is 10.7. The van der Waals surface area contributed by atoms with Crippen LogP contribution in [0.4, 0.5) is 0 Å². The van der Waals surface area contributed by atoms with E-state index < -0.39 is 0 Å². The fraction of sp³-hybridized carbons (Fsp3) is 0.500. The van der Waals surface area contributed by atoms with Crippen LogP contribution in [0.1, 0.15) is 37.8 Å². The molecule has 1 unspecified atom stereocenters. The van der Waals surface area contributed by atoms with E-state index in [-0.39, 0.29) is 30.4 Å². The average molecular weight is 269 g/mol. The second-order valence-electron chi connectivity index (χ2n) is 4.64. The number of piperidine rings is 1. The van der Waals surface area contributed by atoms with Gasteiger partial charge in [-0.15, -0.1) is 12.4 Å². The van der Waals surface area contributed by atoms with Gasteiger partial charge in [0.05, 0.1) is 12.1 Å². The van der Waals surface area contributed by atoms with Crippen molar-refractivity contribution in [3.05, 3.63) is 35.9 Å². The Balaban J connectivity index is 0.00000162. The summed E-state index contributed by atoms with van der Waals surface area (Å²) < 4.78 is 0. The lowest BCUT2D eigenvalue weighted by Crippen LogP contribution is -2.47. The molecule has 0 spiro atoms. The van der Waals surface area contributed by atoms with Crippen molar-refractivity contribution in [1.29, 1.82) is 0 Å². The summed E-state index contributed by atoms with van der Waals surface area (Å²) in [7, 11) is 0. The van der Waals surface area contributed by atoms with E-state index in [9.17, 15) is 4.79 Å². The fourth-order valence-corrected chi connectivity index (χ4v) is 2.21. The Hall–Kier alpha value is -1.06. The third-order valence-electron chi connectivity index (χ3n) is 3.29. The molecule has 1 fully saturated rings. The Labute approximate surface area is 115 Å². The van der Waals surface area contributed by atoms with Crippen LogP contribution in [-0.2, 0) is 4.79 Å². The summed E-state index contributed by atoms with van der Waals surface area (Å²) in [6, 6.07) is 10.1. The van der Waals surface area contributed by atoms with Crippen LogP contribution < -0.4 is 10.6 Å². The van der Waals surface area contributed by atoms with Gasteiger partial charge in [-0.25, -0.2) is 0 Å². The van der Waals surface area contributed by atoms with E-state index in [0.717, 1.165) is 24.9 Å². The molecule has 4 heteroatoms. The first-order chi connectivity index (χ1) is 8.27. The van der Waals surface area contributed by atoms with Gasteiger partial charge < -0.3 is 10.6 Å². The van der Waals surface area contributed by atoms with Crippen molar-refractivity contribution in [2.75, 3.05) is 6.54 Å². The van der Waals surface area contributed by atoms with Crippen LogP contribution >= 0.6 is 12.4 Å². The number of halogens is 1. The number of hydrogen-bond acceptors (Lipinski definition) is 2. The molecule has 1 aliphatic rings. The number of nitrogens with one attached hydrogen (secondary N) is 2. The molecule has 2 rings (SSSR count). The lowest BCUT2D eigenvalue weighted by molar-refractivity contribution is -0.124. The fourth-order valence-electron chi connectivity index (χ4n) is 2.21. The van der Waals surface area contributed by atoms with Crippen LogP contribution in [0.15, 0.2) is 30.3 Å². The molecule has 1 saturated heterocycles. The van der Waals surface area contributed by atoms with Crippen molar-refractivity contribution in [2.24, 2.45) is 0 Å². The normalized spacial score (nSPS) is 20.6. The van der Waals surface area contributed by atoms with Gasteiger partial charge in [-0.05, 0) is 31.9 Å². The second kappa shape index (κ2) is 7.39. The van der Waals surface area contributed by atoms with Gasteiger partial charge in [0.25, 0.3) is 0 Å². The highest BCUT2D eigenvalue weighted by Gasteiger charge is 2.21. The number of hydrogen-bond donors (Lipinski definition) is 2. The molecule has 1 amide bonds. The Kier molecular flexibility index (Phi) is 6.16. The highest BCUT2D eigenvalue weighted by Crippen LogP contribution is 2.13. The summed E-state index contributed by atoms with van der Waals surface area (Å²) in [5.74, 6) is 0.126. The summed E-state index contributed by atoms with van der Waals surface area (Å²) in [5, 5.41) is 6.33. The average Bonchev–Trinajstić information content (AvgIpc) is 2.40. The molecular weight excluding hydrogens is 248 g/mol. The van der Waals surface area contributed by atoms with Crippen molar-refractivity contribution in [1.82, 2.24) is 10.6 Å². The van der Waals surface area contributed by atoms with Crippen LogP contribution in [0.25, 0.3) is 0 Å². The van der Waals surface area contributed by atoms with E-state index >= 15 is 0 Å². The summed E-state index contributed by atoms with van der Waals surface area (Å²) in [5.41, 5.74) is 1.15. The summed E-state index contributed by atoms with van der Waals surface area (Å²) >= 11 is 0. The predicted molar refractivity (Wildman–Crippen MR) is 75.9 cm³/mol. The molecule has 0 radical (unpaired) electrons. The molecule has 1 aromatic rings. The van der Waals surface area contributed by atoms with E-state index in [1.54, 1.807) is 0 Å². The number of amides is 1. The zero-order chi connectivity index (χ0) is 12.1. The molecular formula is C14H21ClN2O. The van der Waals surface area contributed by atoms with Gasteiger partial charge in [0.1, 0.15) is 0 Å². The van der Waals surface area contributed by atoms with E-state index in [1.807, 2.05) is 37.3 Å². The molecule has 2 N–H and O–H groups in total. The molecule has 0 saturated carbocycles. The van der Waals surface area contributed by atoms with Crippen LogP contribution in [0.2, 0.25) is 0 Å². The van der Waals surface area contributed by atoms with Gasteiger partial charge in [0.2, 0.25) is 5.91 Å². The highest BCUT2D eigenvalue weighted by atomic mass is 35.5. The minimum Gasteiger partial charge on any atom is -0.348 e. The molecule has 0 bridgehead atoms. The Bertz CT molecular complexity index is 363. The molecule has 18 heavy (non-hydrogen) atoms. The maximum absolute atomic E-state index is 12.0. The largest absolute Gasteiger partial charge is 0.348 e. The minimum absolute atomic E-state index is 0. The van der Waals surface area contributed by atoms with E-state index in [0.29, 0.717) is 0 Å². The van der Waals surface area contributed by atoms with Crippen LogP contribution in [-0.4, -0.2) is 18.5 Å². The van der Waals surface area contributed by atoms with E-state index in [2.05, 4.69) is 10.6 Å². The van der Waals surface area contributed by atoms with Crippen LogP contribution in [0, 0.1) is 0 Å². The maximum Gasteiger partial charge on any atom is 0.237 e. The number of carbonyl (C=O) groups excluding carboxylic acids is 1. The smallest absolute Gasteiger partial charge is 0.237 e. The summed E-state index contributed by atoms with van der Waals surface area (Å²) in [6.45, 7) is 2.98. The van der Waals surface area contributed by atoms with E-state index in [4.69, 9.17) is 0 Å². The standard InChI is InChI=1S/C14H20N2O.ClH/c1-11(12-7-3-2-4-8-12)16-14(17)13-9-5-6-10-15-13;/h2-4,7-8,11,13,15H,5-6,9-10H2,1H3,(H,16,17);1H/t11?,13-;/m1./s1. The molecule has 3 nitrogen and oxygen atoms in total. The highest BCUT2D eigenvalue weighted by molar-refractivity contribution is 5.85. The van der Waals surface area contributed by atoms with Crippen molar-refractivity contribution in [2.45, 2.75) is 38.3 Å². The minimum atomic E-state index is -0.00471. The molecule has 2 atom stereocenters. The number of carbonyl (C=O) groups is 1. The topological polar surface area (TPSA) is 41.1 Å². The van der Waals surface area contributed by atoms with Crippen molar-refractivity contribution < 1.29 is 4.79 Å². The van der Waals surface area contributed by atoms with Gasteiger partial charge in [0, 0.05) is 0 Å². The zero-order valence-corrected chi connectivity index (χ0v) is 11.5. The second-order valence-corrected chi connectivity index (χ2v) is 4.64. The van der Waals surface area contributed by atoms with E-state index in [1.165, 1.54) is 6.42 Å². The van der Waals surface area contributed by atoms with Gasteiger partial charge in [0.15, 0.2) is 0 Å². The lowest BCUT2D eigenvalue weighted by Gasteiger charge is -2.24. The quantitative estimate of drug-likeness (QED) is 0.884.